The summed E-state index contributed by atoms with van der Waals surface area (Å²) in [5.41, 5.74) is 1.02. The number of likely N-dealkylation sites (tertiary alicyclic amines) is 1. The van der Waals surface area contributed by atoms with Gasteiger partial charge in [0.15, 0.2) is 0 Å². The van der Waals surface area contributed by atoms with Gasteiger partial charge >= 0.3 is 0 Å². The summed E-state index contributed by atoms with van der Waals surface area (Å²) in [6, 6.07) is 5.88. The number of pyridine rings is 1. The molecule has 1 fully saturated rings. The van der Waals surface area contributed by atoms with Gasteiger partial charge in [0.2, 0.25) is 5.91 Å². The number of rotatable bonds is 5. The predicted molar refractivity (Wildman–Crippen MR) is 75.6 cm³/mol. The quantitative estimate of drug-likeness (QED) is 0.824. The van der Waals surface area contributed by atoms with Gasteiger partial charge in [-0.3, -0.25) is 9.78 Å². The van der Waals surface area contributed by atoms with Gasteiger partial charge in [0.05, 0.1) is 5.69 Å². The third-order valence-electron chi connectivity index (χ3n) is 3.51. The van der Waals surface area contributed by atoms with Crippen molar-refractivity contribution in [1.29, 1.82) is 0 Å². The van der Waals surface area contributed by atoms with Gasteiger partial charge in [0.1, 0.15) is 0 Å². The Hall–Kier alpha value is -1.42. The number of carbonyl (C=O) groups excluding carboxylic acids is 1. The van der Waals surface area contributed by atoms with Crippen molar-refractivity contribution >= 4 is 5.91 Å². The highest BCUT2D eigenvalue weighted by atomic mass is 16.2. The molecule has 1 aromatic heterocycles. The second kappa shape index (κ2) is 7.89. The average molecular weight is 261 g/mol. The minimum absolute atomic E-state index is 0.287. The van der Waals surface area contributed by atoms with Crippen molar-refractivity contribution in [2.75, 3.05) is 19.6 Å². The lowest BCUT2D eigenvalue weighted by atomic mass is 10.2. The average Bonchev–Trinajstić information content (AvgIpc) is 2.73. The Morgan fingerprint density at radius 2 is 2.00 bits per heavy atom. The van der Waals surface area contributed by atoms with E-state index in [1.807, 2.05) is 23.1 Å². The lowest BCUT2D eigenvalue weighted by Crippen LogP contribution is -2.33. The van der Waals surface area contributed by atoms with Crippen LogP contribution < -0.4 is 5.32 Å². The van der Waals surface area contributed by atoms with Gasteiger partial charge in [-0.05, 0) is 25.0 Å². The van der Waals surface area contributed by atoms with Crippen LogP contribution in [0.5, 0.6) is 0 Å². The van der Waals surface area contributed by atoms with E-state index in [1.165, 1.54) is 12.8 Å². The topological polar surface area (TPSA) is 45.2 Å². The Morgan fingerprint density at radius 1 is 1.21 bits per heavy atom. The molecular formula is C15H23N3O. The SMILES string of the molecule is O=C(CCNCc1ccccn1)N1CCCCCC1. The molecule has 0 atom stereocenters. The predicted octanol–water partition coefficient (Wildman–Crippen LogP) is 1.96. The van der Waals surface area contributed by atoms with Crippen molar-refractivity contribution in [2.24, 2.45) is 0 Å². The Kier molecular flexibility index (Phi) is 5.82. The van der Waals surface area contributed by atoms with E-state index in [-0.39, 0.29) is 5.91 Å². The van der Waals surface area contributed by atoms with Gasteiger partial charge in [-0.1, -0.05) is 18.9 Å². The van der Waals surface area contributed by atoms with Gasteiger partial charge in [-0.15, -0.1) is 0 Å². The fourth-order valence-electron chi connectivity index (χ4n) is 2.39. The van der Waals surface area contributed by atoms with Crippen molar-refractivity contribution < 1.29 is 4.79 Å². The Morgan fingerprint density at radius 3 is 2.68 bits per heavy atom. The van der Waals surface area contributed by atoms with E-state index in [0.29, 0.717) is 6.42 Å². The molecule has 0 spiro atoms. The summed E-state index contributed by atoms with van der Waals surface area (Å²) in [7, 11) is 0. The zero-order chi connectivity index (χ0) is 13.3. The Bertz CT molecular complexity index is 372. The summed E-state index contributed by atoms with van der Waals surface area (Å²) in [4.78, 5) is 18.3. The molecule has 1 N–H and O–H groups in total. The Labute approximate surface area is 115 Å². The molecule has 0 bridgehead atoms. The van der Waals surface area contributed by atoms with Crippen LogP contribution in [0.25, 0.3) is 0 Å². The summed E-state index contributed by atoms with van der Waals surface area (Å²) < 4.78 is 0. The third kappa shape index (κ3) is 4.99. The number of amides is 1. The van der Waals surface area contributed by atoms with Crippen molar-refractivity contribution in [3.63, 3.8) is 0 Å². The van der Waals surface area contributed by atoms with Crippen LogP contribution in [-0.2, 0) is 11.3 Å². The summed E-state index contributed by atoms with van der Waals surface area (Å²) >= 11 is 0. The number of hydrogen-bond donors (Lipinski definition) is 1. The molecule has 0 aromatic carbocycles. The highest BCUT2D eigenvalue weighted by molar-refractivity contribution is 5.76. The number of aromatic nitrogens is 1. The molecule has 0 radical (unpaired) electrons. The molecule has 0 unspecified atom stereocenters. The molecule has 4 nitrogen and oxygen atoms in total. The van der Waals surface area contributed by atoms with Crippen LogP contribution in [0.2, 0.25) is 0 Å². The van der Waals surface area contributed by atoms with Crippen LogP contribution in [0.4, 0.5) is 0 Å². The molecule has 1 aromatic rings. The molecule has 1 amide bonds. The highest BCUT2D eigenvalue weighted by Crippen LogP contribution is 2.10. The first-order chi connectivity index (χ1) is 9.36. The van der Waals surface area contributed by atoms with E-state index < -0.39 is 0 Å². The second-order valence-corrected chi connectivity index (χ2v) is 5.04. The van der Waals surface area contributed by atoms with Crippen molar-refractivity contribution in [3.8, 4) is 0 Å². The van der Waals surface area contributed by atoms with Crippen molar-refractivity contribution in [1.82, 2.24) is 15.2 Å². The second-order valence-electron chi connectivity index (χ2n) is 5.04. The molecule has 4 heteroatoms. The largest absolute Gasteiger partial charge is 0.343 e. The monoisotopic (exact) mass is 261 g/mol. The van der Waals surface area contributed by atoms with E-state index in [2.05, 4.69) is 10.3 Å². The molecule has 1 aliphatic heterocycles. The smallest absolute Gasteiger partial charge is 0.223 e. The number of nitrogens with zero attached hydrogens (tertiary/aromatic N) is 2. The molecular weight excluding hydrogens is 238 g/mol. The fourth-order valence-corrected chi connectivity index (χ4v) is 2.39. The third-order valence-corrected chi connectivity index (χ3v) is 3.51. The van der Waals surface area contributed by atoms with Crippen LogP contribution in [0.3, 0.4) is 0 Å². The molecule has 1 saturated heterocycles. The van der Waals surface area contributed by atoms with E-state index in [9.17, 15) is 4.79 Å². The molecule has 0 aliphatic carbocycles. The van der Waals surface area contributed by atoms with Crippen LogP contribution >= 0.6 is 0 Å². The summed E-state index contributed by atoms with van der Waals surface area (Å²) in [5, 5.41) is 3.28. The zero-order valence-corrected chi connectivity index (χ0v) is 11.5. The molecule has 104 valence electrons. The molecule has 2 heterocycles. The maximum Gasteiger partial charge on any atom is 0.223 e. The van der Waals surface area contributed by atoms with Gasteiger partial charge in [0.25, 0.3) is 0 Å². The molecule has 2 rings (SSSR count). The van der Waals surface area contributed by atoms with Crippen LogP contribution in [0.1, 0.15) is 37.8 Å². The van der Waals surface area contributed by atoms with E-state index in [0.717, 1.165) is 44.7 Å². The maximum atomic E-state index is 12.0. The lowest BCUT2D eigenvalue weighted by Gasteiger charge is -2.20. The minimum atomic E-state index is 0.287. The normalized spacial score (nSPS) is 16.1. The van der Waals surface area contributed by atoms with Gasteiger partial charge in [-0.2, -0.15) is 0 Å². The number of carbonyl (C=O) groups is 1. The minimum Gasteiger partial charge on any atom is -0.343 e. The fraction of sp³-hybridized carbons (Fsp3) is 0.600. The Balaban J connectivity index is 1.63. The summed E-state index contributed by atoms with van der Waals surface area (Å²) in [6.45, 7) is 3.35. The summed E-state index contributed by atoms with van der Waals surface area (Å²) in [5.74, 6) is 0.287. The first-order valence-electron chi connectivity index (χ1n) is 7.24. The van der Waals surface area contributed by atoms with Gasteiger partial charge in [-0.25, -0.2) is 0 Å². The zero-order valence-electron chi connectivity index (χ0n) is 11.5. The molecule has 19 heavy (non-hydrogen) atoms. The molecule has 1 aliphatic rings. The highest BCUT2D eigenvalue weighted by Gasteiger charge is 2.14. The first-order valence-corrected chi connectivity index (χ1v) is 7.24. The van der Waals surface area contributed by atoms with E-state index >= 15 is 0 Å². The van der Waals surface area contributed by atoms with Gasteiger partial charge in [0, 0.05) is 38.8 Å². The van der Waals surface area contributed by atoms with Crippen LogP contribution in [-0.4, -0.2) is 35.4 Å². The number of nitrogens with one attached hydrogen (secondary N) is 1. The van der Waals surface area contributed by atoms with Crippen molar-refractivity contribution in [2.45, 2.75) is 38.6 Å². The van der Waals surface area contributed by atoms with E-state index in [4.69, 9.17) is 0 Å². The van der Waals surface area contributed by atoms with Crippen LogP contribution in [0, 0.1) is 0 Å². The van der Waals surface area contributed by atoms with Crippen molar-refractivity contribution in [3.05, 3.63) is 30.1 Å². The number of hydrogen-bond acceptors (Lipinski definition) is 3. The standard InChI is InChI=1S/C15H23N3O/c19-15(18-11-5-1-2-6-12-18)8-10-16-13-14-7-3-4-9-17-14/h3-4,7,9,16H,1-2,5-6,8,10-13H2. The van der Waals surface area contributed by atoms with Gasteiger partial charge < -0.3 is 10.2 Å². The summed E-state index contributed by atoms with van der Waals surface area (Å²) in [6.07, 6.45) is 7.23. The maximum absolute atomic E-state index is 12.0. The lowest BCUT2D eigenvalue weighted by molar-refractivity contribution is -0.131. The van der Waals surface area contributed by atoms with Crippen LogP contribution in [0.15, 0.2) is 24.4 Å². The first kappa shape index (κ1) is 14.0. The van der Waals surface area contributed by atoms with E-state index in [1.54, 1.807) is 6.20 Å². The molecule has 0 saturated carbocycles.